The van der Waals surface area contributed by atoms with E-state index in [-0.39, 0.29) is 0 Å². The van der Waals surface area contributed by atoms with Crippen molar-refractivity contribution in [3.63, 3.8) is 0 Å². The van der Waals surface area contributed by atoms with Crippen molar-refractivity contribution in [3.05, 3.63) is 12.3 Å². The molecule has 20 heavy (non-hydrogen) atoms. The lowest BCUT2D eigenvalue weighted by Crippen LogP contribution is -2.31. The highest BCUT2D eigenvalue weighted by atomic mass is 15.3. The largest absolute Gasteiger partial charge is 0.367 e. The van der Waals surface area contributed by atoms with Crippen molar-refractivity contribution in [1.82, 2.24) is 9.97 Å². The van der Waals surface area contributed by atoms with Gasteiger partial charge in [-0.25, -0.2) is 4.98 Å². The highest BCUT2D eigenvalue weighted by Gasteiger charge is 2.15. The first-order valence-corrected chi connectivity index (χ1v) is 8.26. The molecule has 1 aromatic rings. The van der Waals surface area contributed by atoms with Crippen molar-refractivity contribution >= 4 is 11.8 Å². The number of aromatic nitrogens is 2. The van der Waals surface area contributed by atoms with E-state index in [1.54, 1.807) is 0 Å². The van der Waals surface area contributed by atoms with Gasteiger partial charge >= 0.3 is 0 Å². The van der Waals surface area contributed by atoms with E-state index in [0.29, 0.717) is 6.04 Å². The first-order chi connectivity index (χ1) is 9.92. The number of hydrogen-bond acceptors (Lipinski definition) is 4. The van der Waals surface area contributed by atoms with Gasteiger partial charge in [-0.3, -0.25) is 0 Å². The second-order valence-corrected chi connectivity index (χ2v) is 6.12. The second kappa shape index (κ2) is 6.91. The van der Waals surface area contributed by atoms with Gasteiger partial charge in [0.05, 0.1) is 0 Å². The molecule has 2 aliphatic rings. The van der Waals surface area contributed by atoms with E-state index in [1.807, 2.05) is 12.3 Å². The summed E-state index contributed by atoms with van der Waals surface area (Å²) in [5, 5.41) is 3.62. The Hall–Kier alpha value is -1.32. The molecule has 3 rings (SSSR count). The number of piperidine rings is 1. The summed E-state index contributed by atoms with van der Waals surface area (Å²) in [6.07, 6.45) is 13.8. The van der Waals surface area contributed by atoms with Gasteiger partial charge in [0, 0.05) is 25.3 Å². The minimum atomic E-state index is 0.599. The maximum Gasteiger partial charge on any atom is 0.227 e. The molecule has 0 amide bonds. The average molecular weight is 274 g/mol. The van der Waals surface area contributed by atoms with Crippen LogP contribution < -0.4 is 10.2 Å². The van der Waals surface area contributed by atoms with Crippen LogP contribution in [0.3, 0.4) is 0 Å². The Morgan fingerprint density at radius 1 is 0.950 bits per heavy atom. The molecule has 4 nitrogen and oxygen atoms in total. The van der Waals surface area contributed by atoms with Gasteiger partial charge in [-0.1, -0.05) is 25.7 Å². The molecule has 4 heteroatoms. The minimum Gasteiger partial charge on any atom is -0.367 e. The lowest BCUT2D eigenvalue weighted by molar-refractivity contribution is 0.567. The smallest absolute Gasteiger partial charge is 0.227 e. The predicted octanol–water partition coefficient (Wildman–Crippen LogP) is 3.60. The zero-order valence-electron chi connectivity index (χ0n) is 12.4. The third-order valence-corrected chi connectivity index (χ3v) is 4.49. The van der Waals surface area contributed by atoms with Crippen LogP contribution in [-0.2, 0) is 0 Å². The summed E-state index contributed by atoms with van der Waals surface area (Å²) in [5.74, 6) is 1.91. The number of rotatable bonds is 3. The number of nitrogens with zero attached hydrogens (tertiary/aromatic N) is 3. The van der Waals surface area contributed by atoms with Crippen LogP contribution in [-0.4, -0.2) is 29.1 Å². The van der Waals surface area contributed by atoms with Crippen LogP contribution in [0.5, 0.6) is 0 Å². The van der Waals surface area contributed by atoms with E-state index in [4.69, 9.17) is 4.98 Å². The van der Waals surface area contributed by atoms with Crippen molar-refractivity contribution in [1.29, 1.82) is 0 Å². The zero-order chi connectivity index (χ0) is 13.6. The third kappa shape index (κ3) is 3.62. The molecule has 0 radical (unpaired) electrons. The number of hydrogen-bond donors (Lipinski definition) is 1. The van der Waals surface area contributed by atoms with Gasteiger partial charge < -0.3 is 10.2 Å². The summed E-state index contributed by atoms with van der Waals surface area (Å²) in [5.41, 5.74) is 0. The van der Waals surface area contributed by atoms with Crippen molar-refractivity contribution in [2.45, 2.75) is 63.8 Å². The molecule has 2 fully saturated rings. The quantitative estimate of drug-likeness (QED) is 0.855. The normalized spacial score (nSPS) is 21.5. The molecule has 110 valence electrons. The predicted molar refractivity (Wildman–Crippen MR) is 83.2 cm³/mol. The molecule has 1 saturated heterocycles. The van der Waals surface area contributed by atoms with Gasteiger partial charge in [-0.2, -0.15) is 4.98 Å². The van der Waals surface area contributed by atoms with E-state index in [1.165, 1.54) is 57.8 Å². The summed E-state index contributed by atoms with van der Waals surface area (Å²) in [6, 6.07) is 2.61. The van der Waals surface area contributed by atoms with Crippen molar-refractivity contribution < 1.29 is 0 Å². The summed E-state index contributed by atoms with van der Waals surface area (Å²) in [4.78, 5) is 11.5. The van der Waals surface area contributed by atoms with Gasteiger partial charge in [0.2, 0.25) is 5.95 Å². The Kier molecular flexibility index (Phi) is 4.72. The Morgan fingerprint density at radius 3 is 2.40 bits per heavy atom. The standard InChI is InChI=1S/C16H26N4/c1-2-5-9-14(8-4-1)18-15-10-11-17-16(19-15)20-12-6-3-7-13-20/h10-11,14H,1-9,12-13H2,(H,17,18,19). The second-order valence-electron chi connectivity index (χ2n) is 6.12. The van der Waals surface area contributed by atoms with E-state index >= 15 is 0 Å². The van der Waals surface area contributed by atoms with Gasteiger partial charge in [0.15, 0.2) is 0 Å². The fourth-order valence-electron chi connectivity index (χ4n) is 3.31. The summed E-state index contributed by atoms with van der Waals surface area (Å²) in [7, 11) is 0. The molecule has 1 aliphatic carbocycles. The van der Waals surface area contributed by atoms with Crippen LogP contribution in [0.4, 0.5) is 11.8 Å². The van der Waals surface area contributed by atoms with Crippen LogP contribution >= 0.6 is 0 Å². The fraction of sp³-hybridized carbons (Fsp3) is 0.750. The summed E-state index contributed by atoms with van der Waals surface area (Å²) in [6.45, 7) is 2.21. The Balaban J connectivity index is 1.64. The molecule has 2 heterocycles. The number of nitrogens with one attached hydrogen (secondary N) is 1. The van der Waals surface area contributed by atoms with E-state index < -0.39 is 0 Å². The Morgan fingerprint density at radius 2 is 1.65 bits per heavy atom. The molecule has 1 saturated carbocycles. The molecule has 1 N–H and O–H groups in total. The SMILES string of the molecule is c1cc(NC2CCCCCC2)nc(N2CCCCC2)n1. The molecule has 0 atom stereocenters. The van der Waals surface area contributed by atoms with Crippen molar-refractivity contribution in [2.75, 3.05) is 23.3 Å². The molecular formula is C16H26N4. The molecule has 1 aromatic heterocycles. The summed E-state index contributed by atoms with van der Waals surface area (Å²) >= 11 is 0. The molecule has 0 aromatic carbocycles. The van der Waals surface area contributed by atoms with Crippen molar-refractivity contribution in [3.8, 4) is 0 Å². The molecule has 0 bridgehead atoms. The van der Waals surface area contributed by atoms with E-state index in [2.05, 4.69) is 15.2 Å². The van der Waals surface area contributed by atoms with Gasteiger partial charge in [-0.05, 0) is 38.2 Å². The topological polar surface area (TPSA) is 41.1 Å². The highest BCUT2D eigenvalue weighted by Crippen LogP contribution is 2.22. The molecule has 0 unspecified atom stereocenters. The Bertz CT molecular complexity index is 407. The molecule has 0 spiro atoms. The maximum atomic E-state index is 4.72. The van der Waals surface area contributed by atoms with Crippen molar-refractivity contribution in [2.24, 2.45) is 0 Å². The molecule has 1 aliphatic heterocycles. The van der Waals surface area contributed by atoms with Crippen LogP contribution in [0.25, 0.3) is 0 Å². The third-order valence-electron chi connectivity index (χ3n) is 4.49. The zero-order valence-corrected chi connectivity index (χ0v) is 12.4. The van der Waals surface area contributed by atoms with Crippen LogP contribution in [0.15, 0.2) is 12.3 Å². The van der Waals surface area contributed by atoms with Gasteiger partial charge in [0.25, 0.3) is 0 Å². The lowest BCUT2D eigenvalue weighted by atomic mass is 10.1. The minimum absolute atomic E-state index is 0.599. The average Bonchev–Trinajstić information content (AvgIpc) is 2.77. The first kappa shape index (κ1) is 13.7. The lowest BCUT2D eigenvalue weighted by Gasteiger charge is -2.27. The van der Waals surface area contributed by atoms with Gasteiger partial charge in [0.1, 0.15) is 5.82 Å². The summed E-state index contributed by atoms with van der Waals surface area (Å²) < 4.78 is 0. The van der Waals surface area contributed by atoms with E-state index in [0.717, 1.165) is 24.9 Å². The number of anilines is 2. The van der Waals surface area contributed by atoms with Crippen LogP contribution in [0.2, 0.25) is 0 Å². The monoisotopic (exact) mass is 274 g/mol. The first-order valence-electron chi connectivity index (χ1n) is 8.26. The fourth-order valence-corrected chi connectivity index (χ4v) is 3.31. The van der Waals surface area contributed by atoms with Gasteiger partial charge in [-0.15, -0.1) is 0 Å². The Labute approximate surface area is 122 Å². The van der Waals surface area contributed by atoms with E-state index in [9.17, 15) is 0 Å². The molecular weight excluding hydrogens is 248 g/mol. The van der Waals surface area contributed by atoms with Crippen LogP contribution in [0, 0.1) is 0 Å². The maximum absolute atomic E-state index is 4.72. The highest BCUT2D eigenvalue weighted by molar-refractivity contribution is 5.42. The van der Waals surface area contributed by atoms with Crippen LogP contribution in [0.1, 0.15) is 57.8 Å².